The molecule has 142 valence electrons. The topological polar surface area (TPSA) is 49.9 Å². The van der Waals surface area contributed by atoms with Crippen molar-refractivity contribution in [1.82, 2.24) is 9.80 Å². The third-order valence-corrected chi connectivity index (χ3v) is 4.61. The van der Waals surface area contributed by atoms with Crippen LogP contribution in [0.1, 0.15) is 22.3 Å². The molecule has 0 radical (unpaired) electrons. The molecule has 2 amide bonds. The van der Waals surface area contributed by atoms with E-state index in [1.165, 1.54) is 24.3 Å². The van der Waals surface area contributed by atoms with Crippen molar-refractivity contribution < 1.29 is 18.7 Å². The first-order valence-electron chi connectivity index (χ1n) is 9.05. The van der Waals surface area contributed by atoms with Gasteiger partial charge in [0.25, 0.3) is 11.8 Å². The summed E-state index contributed by atoms with van der Waals surface area (Å²) in [7, 11) is 0. The second-order valence-corrected chi connectivity index (χ2v) is 6.64. The van der Waals surface area contributed by atoms with E-state index in [0.717, 1.165) is 5.56 Å². The van der Waals surface area contributed by atoms with Gasteiger partial charge < -0.3 is 14.5 Å². The molecular weight excluding hydrogens is 347 g/mol. The molecule has 0 N–H and O–H groups in total. The van der Waals surface area contributed by atoms with E-state index in [0.29, 0.717) is 43.9 Å². The van der Waals surface area contributed by atoms with Gasteiger partial charge in [-0.2, -0.15) is 0 Å². The van der Waals surface area contributed by atoms with Crippen molar-refractivity contribution in [3.63, 3.8) is 0 Å². The zero-order chi connectivity index (χ0) is 19.2. The van der Waals surface area contributed by atoms with Gasteiger partial charge in [0, 0.05) is 31.7 Å². The van der Waals surface area contributed by atoms with E-state index in [1.807, 2.05) is 31.2 Å². The standard InChI is InChI=1S/C21H23FN2O3/c1-16-3-9-19(10-4-16)27-15-20(25)23-11-2-12-24(14-13-23)21(26)17-5-7-18(22)8-6-17/h3-10H,2,11-15H2,1H3. The van der Waals surface area contributed by atoms with E-state index in [-0.39, 0.29) is 24.2 Å². The van der Waals surface area contributed by atoms with Gasteiger partial charge in [-0.15, -0.1) is 0 Å². The number of aryl methyl sites for hydroxylation is 1. The fraction of sp³-hybridized carbons (Fsp3) is 0.333. The molecule has 0 spiro atoms. The van der Waals surface area contributed by atoms with Crippen LogP contribution in [0, 0.1) is 12.7 Å². The second-order valence-electron chi connectivity index (χ2n) is 6.64. The Morgan fingerprint density at radius 3 is 2.26 bits per heavy atom. The lowest BCUT2D eigenvalue weighted by Crippen LogP contribution is -2.39. The number of carbonyl (C=O) groups excluding carboxylic acids is 2. The maximum Gasteiger partial charge on any atom is 0.260 e. The summed E-state index contributed by atoms with van der Waals surface area (Å²) in [5, 5.41) is 0. The maximum absolute atomic E-state index is 13.0. The largest absolute Gasteiger partial charge is 0.484 e. The van der Waals surface area contributed by atoms with E-state index in [9.17, 15) is 14.0 Å². The zero-order valence-electron chi connectivity index (χ0n) is 15.4. The van der Waals surface area contributed by atoms with Crippen LogP contribution in [-0.2, 0) is 4.79 Å². The van der Waals surface area contributed by atoms with Crippen LogP contribution in [-0.4, -0.2) is 54.4 Å². The maximum atomic E-state index is 13.0. The zero-order valence-corrected chi connectivity index (χ0v) is 15.4. The Bertz CT molecular complexity index is 790. The van der Waals surface area contributed by atoms with Crippen molar-refractivity contribution >= 4 is 11.8 Å². The highest BCUT2D eigenvalue weighted by Crippen LogP contribution is 2.13. The van der Waals surface area contributed by atoms with Crippen molar-refractivity contribution in [2.75, 3.05) is 32.8 Å². The normalized spacial score (nSPS) is 14.6. The number of rotatable bonds is 4. The summed E-state index contributed by atoms with van der Waals surface area (Å²) in [6, 6.07) is 13.1. The number of hydrogen-bond acceptors (Lipinski definition) is 3. The van der Waals surface area contributed by atoms with Gasteiger partial charge in [0.15, 0.2) is 6.61 Å². The third-order valence-electron chi connectivity index (χ3n) is 4.61. The smallest absolute Gasteiger partial charge is 0.260 e. The summed E-state index contributed by atoms with van der Waals surface area (Å²) in [5.74, 6) is 0.0662. The average Bonchev–Trinajstić information content (AvgIpc) is 2.94. The molecule has 1 aliphatic rings. The van der Waals surface area contributed by atoms with Crippen LogP contribution in [0.4, 0.5) is 4.39 Å². The molecule has 2 aromatic rings. The lowest BCUT2D eigenvalue weighted by Gasteiger charge is -2.22. The molecular formula is C21H23FN2O3. The molecule has 1 saturated heterocycles. The molecule has 0 saturated carbocycles. The number of ether oxygens (including phenoxy) is 1. The Kier molecular flexibility index (Phi) is 6.06. The molecule has 0 unspecified atom stereocenters. The van der Waals surface area contributed by atoms with Crippen molar-refractivity contribution in [2.24, 2.45) is 0 Å². The molecule has 1 aliphatic heterocycles. The quantitative estimate of drug-likeness (QED) is 0.832. The molecule has 1 fully saturated rings. The van der Waals surface area contributed by atoms with Gasteiger partial charge in [0.05, 0.1) is 0 Å². The molecule has 0 aliphatic carbocycles. The van der Waals surface area contributed by atoms with Gasteiger partial charge in [-0.05, 0) is 49.7 Å². The number of amides is 2. The monoisotopic (exact) mass is 370 g/mol. The van der Waals surface area contributed by atoms with Crippen LogP contribution >= 0.6 is 0 Å². The lowest BCUT2D eigenvalue weighted by atomic mass is 10.2. The minimum Gasteiger partial charge on any atom is -0.484 e. The van der Waals surface area contributed by atoms with E-state index in [4.69, 9.17) is 4.74 Å². The number of nitrogens with zero attached hydrogens (tertiary/aromatic N) is 2. The van der Waals surface area contributed by atoms with Crippen LogP contribution in [0.3, 0.4) is 0 Å². The predicted octanol–water partition coefficient (Wildman–Crippen LogP) is 2.89. The van der Waals surface area contributed by atoms with E-state index in [1.54, 1.807) is 9.80 Å². The van der Waals surface area contributed by atoms with Crippen molar-refractivity contribution in [3.05, 3.63) is 65.5 Å². The summed E-state index contributed by atoms with van der Waals surface area (Å²) in [6.07, 6.45) is 0.698. The first kappa shape index (κ1) is 18.9. The molecule has 1 heterocycles. The Hall–Kier alpha value is -2.89. The van der Waals surface area contributed by atoms with Gasteiger partial charge in [0.2, 0.25) is 0 Å². The summed E-state index contributed by atoms with van der Waals surface area (Å²) < 4.78 is 18.6. The predicted molar refractivity (Wildman–Crippen MR) is 100 cm³/mol. The third kappa shape index (κ3) is 5.06. The van der Waals surface area contributed by atoms with Gasteiger partial charge in [-0.3, -0.25) is 9.59 Å². The number of halogens is 1. The van der Waals surface area contributed by atoms with E-state index < -0.39 is 0 Å². The summed E-state index contributed by atoms with van der Waals surface area (Å²) in [4.78, 5) is 28.4. The highest BCUT2D eigenvalue weighted by molar-refractivity contribution is 5.94. The van der Waals surface area contributed by atoms with Gasteiger partial charge in [-0.1, -0.05) is 17.7 Å². The Morgan fingerprint density at radius 1 is 0.926 bits per heavy atom. The van der Waals surface area contributed by atoms with Crippen LogP contribution in [0.15, 0.2) is 48.5 Å². The molecule has 0 atom stereocenters. The Balaban J connectivity index is 1.52. The molecule has 0 aromatic heterocycles. The SMILES string of the molecule is Cc1ccc(OCC(=O)N2CCCN(C(=O)c3ccc(F)cc3)CC2)cc1. The van der Waals surface area contributed by atoms with Crippen LogP contribution < -0.4 is 4.74 Å². The highest BCUT2D eigenvalue weighted by atomic mass is 19.1. The van der Waals surface area contributed by atoms with Gasteiger partial charge in [0.1, 0.15) is 11.6 Å². The fourth-order valence-electron chi connectivity index (χ4n) is 3.02. The molecule has 0 bridgehead atoms. The van der Waals surface area contributed by atoms with Crippen molar-refractivity contribution in [2.45, 2.75) is 13.3 Å². The number of benzene rings is 2. The summed E-state index contributed by atoms with van der Waals surface area (Å²) in [5.41, 5.74) is 1.59. The summed E-state index contributed by atoms with van der Waals surface area (Å²) in [6.45, 7) is 4.04. The fourth-order valence-corrected chi connectivity index (χ4v) is 3.02. The van der Waals surface area contributed by atoms with Crippen LogP contribution in [0.25, 0.3) is 0 Å². The molecule has 27 heavy (non-hydrogen) atoms. The van der Waals surface area contributed by atoms with Gasteiger partial charge >= 0.3 is 0 Å². The van der Waals surface area contributed by atoms with Crippen molar-refractivity contribution in [3.8, 4) is 5.75 Å². The Labute approximate surface area is 158 Å². The molecule has 2 aromatic carbocycles. The first-order valence-corrected chi connectivity index (χ1v) is 9.05. The lowest BCUT2D eigenvalue weighted by molar-refractivity contribution is -0.133. The van der Waals surface area contributed by atoms with Gasteiger partial charge in [-0.25, -0.2) is 4.39 Å². The minimum atomic E-state index is -0.368. The second kappa shape index (κ2) is 8.66. The van der Waals surface area contributed by atoms with Crippen LogP contribution in [0.5, 0.6) is 5.75 Å². The summed E-state index contributed by atoms with van der Waals surface area (Å²) >= 11 is 0. The highest BCUT2D eigenvalue weighted by Gasteiger charge is 2.23. The van der Waals surface area contributed by atoms with E-state index >= 15 is 0 Å². The minimum absolute atomic E-state index is 0.0189. The van der Waals surface area contributed by atoms with Crippen molar-refractivity contribution in [1.29, 1.82) is 0 Å². The first-order chi connectivity index (χ1) is 13.0. The molecule has 3 rings (SSSR count). The van der Waals surface area contributed by atoms with E-state index in [2.05, 4.69) is 0 Å². The molecule has 5 nitrogen and oxygen atoms in total. The molecule has 6 heteroatoms. The number of carbonyl (C=O) groups is 2. The Morgan fingerprint density at radius 2 is 1.56 bits per heavy atom. The number of hydrogen-bond donors (Lipinski definition) is 0. The van der Waals surface area contributed by atoms with Crippen LogP contribution in [0.2, 0.25) is 0 Å². The average molecular weight is 370 g/mol.